The molecule has 0 spiro atoms. The van der Waals surface area contributed by atoms with E-state index in [1.807, 2.05) is 115 Å². The van der Waals surface area contributed by atoms with E-state index in [1.165, 1.54) is 0 Å². The molecule has 296 valence electrons. The van der Waals surface area contributed by atoms with Crippen LogP contribution < -0.4 is 4.90 Å². The van der Waals surface area contributed by atoms with E-state index in [0.717, 1.165) is 61.1 Å². The van der Waals surface area contributed by atoms with Crippen molar-refractivity contribution in [1.82, 2.24) is 14.5 Å². The normalized spacial score (nSPS) is 10.8. The first kappa shape index (κ1) is 38.6. The zero-order chi connectivity index (χ0) is 43.6. The highest BCUT2D eigenvalue weighted by Gasteiger charge is 2.21. The molecular weight excluding hydrogens is 785 g/mol. The average molecular weight is 817 g/mol. The molecule has 0 aliphatic heterocycles. The first-order valence-electron chi connectivity index (χ1n) is 20.4. The lowest BCUT2D eigenvalue weighted by Crippen LogP contribution is -2.09. The van der Waals surface area contributed by atoms with E-state index in [-0.39, 0.29) is 0 Å². The summed E-state index contributed by atoms with van der Waals surface area (Å²) in [4.78, 5) is 16.1. The van der Waals surface area contributed by atoms with Crippen molar-refractivity contribution in [1.29, 1.82) is 15.8 Å². The van der Waals surface area contributed by atoms with Gasteiger partial charge in [0.1, 0.15) is 0 Å². The summed E-state index contributed by atoms with van der Waals surface area (Å²) < 4.78 is 2.09. The molecule has 0 aliphatic rings. The number of nitrogens with zero attached hydrogens (tertiary/aromatic N) is 8. The standard InChI is InChI=1S/C56H32N8/c1-60-52-32-48(39-24-26-41(27-25-39)51-33-50(40-20-16-37(34-57)17-21-40)61-56(62-51)42-22-18-38(35-58)19-23-42)43(36-59)30-55(52)64-53-15-9-8-14-47(53)49-31-46(28-29-54(49)64)63(44-10-4-2-5-11-44)45-12-6-3-7-13-45/h2-33H. The summed E-state index contributed by atoms with van der Waals surface area (Å²) in [7, 11) is 0. The molecule has 0 bridgehead atoms. The highest BCUT2D eigenvalue weighted by molar-refractivity contribution is 6.11. The number of para-hydroxylation sites is 3. The van der Waals surface area contributed by atoms with Crippen LogP contribution in [0.1, 0.15) is 16.7 Å². The third-order valence-electron chi connectivity index (χ3n) is 11.3. The van der Waals surface area contributed by atoms with Crippen LogP contribution in [0.15, 0.2) is 194 Å². The van der Waals surface area contributed by atoms with Crippen molar-refractivity contribution in [3.8, 4) is 68.9 Å². The molecule has 10 rings (SSSR count). The summed E-state index contributed by atoms with van der Waals surface area (Å²) >= 11 is 0. The fourth-order valence-corrected chi connectivity index (χ4v) is 8.24. The molecule has 8 aromatic carbocycles. The second kappa shape index (κ2) is 16.5. The number of hydrogen-bond acceptors (Lipinski definition) is 6. The second-order valence-electron chi connectivity index (χ2n) is 15.1. The lowest BCUT2D eigenvalue weighted by Gasteiger charge is -2.25. The van der Waals surface area contributed by atoms with Crippen molar-refractivity contribution in [2.24, 2.45) is 0 Å². The van der Waals surface area contributed by atoms with E-state index in [4.69, 9.17) is 16.5 Å². The second-order valence-corrected chi connectivity index (χ2v) is 15.1. The van der Waals surface area contributed by atoms with Crippen molar-refractivity contribution in [2.45, 2.75) is 0 Å². The van der Waals surface area contributed by atoms with Crippen LogP contribution in [-0.2, 0) is 0 Å². The smallest absolute Gasteiger partial charge is 0.211 e. The van der Waals surface area contributed by atoms with Crippen molar-refractivity contribution in [3.63, 3.8) is 0 Å². The van der Waals surface area contributed by atoms with Gasteiger partial charge in [0.05, 0.1) is 69.6 Å². The minimum absolute atomic E-state index is 0.412. The minimum atomic E-state index is 0.412. The SMILES string of the molecule is [C-]#[N+]c1cc(-c2ccc(-c3cc(-c4ccc(C#N)cc4)nc(-c4ccc(C#N)cc4)n3)cc2)c(C#N)cc1-n1c2ccccc2c2cc(N(c3ccccc3)c3ccccc3)ccc21. The number of rotatable bonds is 8. The third kappa shape index (κ3) is 7.02. The molecule has 0 aliphatic carbocycles. The Balaban J connectivity index is 1.06. The number of benzene rings is 8. The van der Waals surface area contributed by atoms with Gasteiger partial charge in [-0.25, -0.2) is 14.8 Å². The molecule has 8 heteroatoms. The summed E-state index contributed by atoms with van der Waals surface area (Å²) in [5.41, 5.74) is 12.6. The van der Waals surface area contributed by atoms with Crippen LogP contribution >= 0.6 is 0 Å². The lowest BCUT2D eigenvalue weighted by molar-refractivity contribution is 1.18. The lowest BCUT2D eigenvalue weighted by atomic mass is 9.96. The van der Waals surface area contributed by atoms with E-state index < -0.39 is 0 Å². The Morgan fingerprint density at radius 1 is 0.469 bits per heavy atom. The van der Waals surface area contributed by atoms with Gasteiger partial charge in [-0.05, 0) is 114 Å². The first-order valence-corrected chi connectivity index (χ1v) is 20.4. The van der Waals surface area contributed by atoms with Crippen molar-refractivity contribution >= 4 is 44.6 Å². The Morgan fingerprint density at radius 2 is 1.00 bits per heavy atom. The van der Waals surface area contributed by atoms with Crippen molar-refractivity contribution in [2.75, 3.05) is 4.90 Å². The Bertz CT molecular complexity index is 3450. The summed E-state index contributed by atoms with van der Waals surface area (Å²) in [6.07, 6.45) is 0. The van der Waals surface area contributed by atoms with Crippen LogP contribution in [0.3, 0.4) is 0 Å². The Kier molecular flexibility index (Phi) is 9.92. The fourth-order valence-electron chi connectivity index (χ4n) is 8.24. The summed E-state index contributed by atoms with van der Waals surface area (Å²) in [6, 6.07) is 69.6. The summed E-state index contributed by atoms with van der Waals surface area (Å²) in [5, 5.41) is 31.5. The van der Waals surface area contributed by atoms with Crippen LogP contribution in [-0.4, -0.2) is 14.5 Å². The quantitative estimate of drug-likeness (QED) is 0.141. The van der Waals surface area contributed by atoms with Gasteiger partial charge < -0.3 is 9.47 Å². The molecule has 2 aromatic heterocycles. The highest BCUT2D eigenvalue weighted by Crippen LogP contribution is 2.42. The maximum Gasteiger partial charge on any atom is 0.211 e. The fraction of sp³-hybridized carbons (Fsp3) is 0. The molecule has 64 heavy (non-hydrogen) atoms. The first-order chi connectivity index (χ1) is 31.5. The molecule has 8 nitrogen and oxygen atoms in total. The predicted octanol–water partition coefficient (Wildman–Crippen LogP) is 13.9. The van der Waals surface area contributed by atoms with Gasteiger partial charge in [-0.15, -0.1) is 0 Å². The third-order valence-corrected chi connectivity index (χ3v) is 11.3. The van der Waals surface area contributed by atoms with Gasteiger partial charge in [0.2, 0.25) is 5.69 Å². The Hall–Kier alpha value is -9.60. The van der Waals surface area contributed by atoms with Crippen LogP contribution in [0.25, 0.3) is 77.4 Å². The monoisotopic (exact) mass is 816 g/mol. The summed E-state index contributed by atoms with van der Waals surface area (Å²) in [6.45, 7) is 8.42. The molecule has 0 saturated heterocycles. The zero-order valence-corrected chi connectivity index (χ0v) is 34.1. The molecule has 2 heterocycles. The van der Waals surface area contributed by atoms with Crippen LogP contribution in [0.5, 0.6) is 0 Å². The largest absolute Gasteiger partial charge is 0.319 e. The van der Waals surface area contributed by atoms with E-state index in [0.29, 0.717) is 50.8 Å². The van der Waals surface area contributed by atoms with E-state index >= 15 is 0 Å². The predicted molar refractivity (Wildman–Crippen MR) is 253 cm³/mol. The van der Waals surface area contributed by atoms with Gasteiger partial charge in [0.15, 0.2) is 5.82 Å². The maximum absolute atomic E-state index is 10.7. The number of hydrogen-bond donors (Lipinski definition) is 0. The molecule has 0 atom stereocenters. The molecular formula is C56H32N8. The molecule has 0 saturated carbocycles. The number of nitriles is 3. The zero-order valence-electron chi connectivity index (χ0n) is 34.1. The minimum Gasteiger partial charge on any atom is -0.319 e. The van der Waals surface area contributed by atoms with E-state index in [1.54, 1.807) is 24.3 Å². The van der Waals surface area contributed by atoms with Crippen LogP contribution in [0.4, 0.5) is 22.7 Å². The Morgan fingerprint density at radius 3 is 1.58 bits per heavy atom. The van der Waals surface area contributed by atoms with Gasteiger partial charge in [0.25, 0.3) is 0 Å². The summed E-state index contributed by atoms with van der Waals surface area (Å²) in [5.74, 6) is 0.487. The molecule has 0 radical (unpaired) electrons. The van der Waals surface area contributed by atoms with Crippen LogP contribution in [0.2, 0.25) is 0 Å². The van der Waals surface area contributed by atoms with Crippen LogP contribution in [0, 0.1) is 40.6 Å². The average Bonchev–Trinajstić information content (AvgIpc) is 3.70. The van der Waals surface area contributed by atoms with Gasteiger partial charge in [0, 0.05) is 44.5 Å². The van der Waals surface area contributed by atoms with Gasteiger partial charge in [-0.3, -0.25) is 0 Å². The van der Waals surface area contributed by atoms with Gasteiger partial charge in [-0.1, -0.05) is 91.0 Å². The highest BCUT2D eigenvalue weighted by atomic mass is 15.1. The van der Waals surface area contributed by atoms with E-state index in [2.05, 4.69) is 87.1 Å². The van der Waals surface area contributed by atoms with Crippen molar-refractivity contribution in [3.05, 3.63) is 222 Å². The molecule has 0 fully saturated rings. The maximum atomic E-state index is 10.7. The van der Waals surface area contributed by atoms with E-state index in [9.17, 15) is 15.8 Å². The van der Waals surface area contributed by atoms with Gasteiger partial charge >= 0.3 is 0 Å². The number of fused-ring (bicyclic) bond motifs is 3. The number of anilines is 3. The van der Waals surface area contributed by atoms with Crippen molar-refractivity contribution < 1.29 is 0 Å². The molecule has 0 N–H and O–H groups in total. The van der Waals surface area contributed by atoms with Gasteiger partial charge in [-0.2, -0.15) is 15.8 Å². The topological polar surface area (TPSA) is 110 Å². The molecule has 10 aromatic rings. The molecule has 0 amide bonds. The Labute approximate surface area is 369 Å². The number of aromatic nitrogens is 3. The molecule has 0 unspecified atom stereocenters.